The Bertz CT molecular complexity index is 706. The second-order valence-corrected chi connectivity index (χ2v) is 4.99. The molecule has 2 N–H and O–H groups in total. The van der Waals surface area contributed by atoms with Crippen molar-refractivity contribution in [1.29, 1.82) is 0 Å². The molecule has 0 aliphatic rings. The number of phenolic OH excluding ortho intramolecular Hbond substituents is 1. The van der Waals surface area contributed by atoms with Gasteiger partial charge in [0.2, 0.25) is 0 Å². The van der Waals surface area contributed by atoms with E-state index < -0.39 is 0 Å². The number of nitrogens with one attached hydrogen (secondary N) is 1. The number of aromatic hydroxyl groups is 1. The molecular formula is C17H18N2O2. The van der Waals surface area contributed by atoms with Crippen LogP contribution in [0.5, 0.6) is 5.75 Å². The first-order valence-electron chi connectivity index (χ1n) is 6.68. The molecule has 0 spiro atoms. The molecule has 0 atom stereocenters. The average molecular weight is 282 g/mol. The number of carbonyl (C=O) groups is 1. The Labute approximate surface area is 124 Å². The van der Waals surface area contributed by atoms with Crippen LogP contribution >= 0.6 is 0 Å². The Morgan fingerprint density at radius 3 is 2.48 bits per heavy atom. The smallest absolute Gasteiger partial charge is 0.271 e. The van der Waals surface area contributed by atoms with Crippen molar-refractivity contribution >= 4 is 11.6 Å². The fourth-order valence-corrected chi connectivity index (χ4v) is 1.88. The summed E-state index contributed by atoms with van der Waals surface area (Å²) in [6.45, 7) is 5.93. The van der Waals surface area contributed by atoms with Crippen molar-refractivity contribution < 1.29 is 9.90 Å². The van der Waals surface area contributed by atoms with Gasteiger partial charge in [-0.25, -0.2) is 5.43 Å². The summed E-state index contributed by atoms with van der Waals surface area (Å²) in [6.07, 6.45) is 0. The number of benzene rings is 2. The number of carbonyl (C=O) groups excluding carboxylic acids is 1. The molecule has 4 heteroatoms. The van der Waals surface area contributed by atoms with Gasteiger partial charge < -0.3 is 5.11 Å². The van der Waals surface area contributed by atoms with E-state index in [1.54, 1.807) is 12.1 Å². The minimum atomic E-state index is -0.353. The third kappa shape index (κ3) is 3.69. The summed E-state index contributed by atoms with van der Waals surface area (Å²) in [7, 11) is 0. The van der Waals surface area contributed by atoms with E-state index in [2.05, 4.69) is 17.5 Å². The van der Waals surface area contributed by atoms with E-state index in [0.29, 0.717) is 5.56 Å². The van der Waals surface area contributed by atoms with E-state index >= 15 is 0 Å². The molecule has 0 aliphatic carbocycles. The first-order chi connectivity index (χ1) is 9.97. The maximum atomic E-state index is 11.9. The molecule has 1 amide bonds. The van der Waals surface area contributed by atoms with Gasteiger partial charge in [-0.15, -0.1) is 0 Å². The van der Waals surface area contributed by atoms with Crippen LogP contribution in [0.1, 0.15) is 34.0 Å². The SMILES string of the molecule is C/C(=N\NC(=O)c1cccc(O)c1)c1ccc(C)c(C)c1. The molecule has 0 unspecified atom stereocenters. The quantitative estimate of drug-likeness (QED) is 0.671. The molecule has 108 valence electrons. The highest BCUT2D eigenvalue weighted by Gasteiger charge is 2.06. The predicted octanol–water partition coefficient (Wildman–Crippen LogP) is 3.16. The number of hydrogen-bond acceptors (Lipinski definition) is 3. The number of hydrogen-bond donors (Lipinski definition) is 2. The number of phenols is 1. The van der Waals surface area contributed by atoms with E-state index in [0.717, 1.165) is 11.3 Å². The number of amides is 1. The highest BCUT2D eigenvalue weighted by Crippen LogP contribution is 2.12. The van der Waals surface area contributed by atoms with Gasteiger partial charge in [-0.05, 0) is 61.7 Å². The largest absolute Gasteiger partial charge is 0.508 e. The van der Waals surface area contributed by atoms with Gasteiger partial charge in [0.1, 0.15) is 5.75 Å². The Morgan fingerprint density at radius 2 is 1.81 bits per heavy atom. The zero-order chi connectivity index (χ0) is 15.4. The van der Waals surface area contributed by atoms with Gasteiger partial charge in [-0.1, -0.05) is 18.2 Å². The molecule has 0 saturated carbocycles. The molecule has 2 aromatic carbocycles. The zero-order valence-electron chi connectivity index (χ0n) is 12.3. The summed E-state index contributed by atoms with van der Waals surface area (Å²) in [4.78, 5) is 11.9. The van der Waals surface area contributed by atoms with Crippen molar-refractivity contribution in [2.24, 2.45) is 5.10 Å². The van der Waals surface area contributed by atoms with Crippen molar-refractivity contribution in [3.05, 3.63) is 64.7 Å². The second kappa shape index (κ2) is 6.22. The van der Waals surface area contributed by atoms with Crippen LogP contribution in [-0.2, 0) is 0 Å². The van der Waals surface area contributed by atoms with Crippen LogP contribution in [0.15, 0.2) is 47.6 Å². The normalized spacial score (nSPS) is 11.3. The summed E-state index contributed by atoms with van der Waals surface area (Å²) < 4.78 is 0. The topological polar surface area (TPSA) is 61.7 Å². The van der Waals surface area contributed by atoms with Gasteiger partial charge in [-0.3, -0.25) is 4.79 Å². The molecule has 0 fully saturated rings. The number of rotatable bonds is 3. The van der Waals surface area contributed by atoms with Crippen LogP contribution in [0.2, 0.25) is 0 Å². The lowest BCUT2D eigenvalue weighted by Gasteiger charge is -2.06. The van der Waals surface area contributed by atoms with Gasteiger partial charge in [-0.2, -0.15) is 5.10 Å². The van der Waals surface area contributed by atoms with E-state index in [-0.39, 0.29) is 11.7 Å². The van der Waals surface area contributed by atoms with Gasteiger partial charge in [0.25, 0.3) is 5.91 Å². The first kappa shape index (κ1) is 14.8. The Hall–Kier alpha value is -2.62. The van der Waals surface area contributed by atoms with Crippen LogP contribution in [0, 0.1) is 13.8 Å². The highest BCUT2D eigenvalue weighted by atomic mass is 16.3. The molecule has 21 heavy (non-hydrogen) atoms. The van der Waals surface area contributed by atoms with Crippen LogP contribution in [0.4, 0.5) is 0 Å². The molecule has 0 saturated heterocycles. The lowest BCUT2D eigenvalue weighted by Crippen LogP contribution is -2.19. The van der Waals surface area contributed by atoms with Crippen molar-refractivity contribution in [3.8, 4) is 5.75 Å². The Kier molecular flexibility index (Phi) is 4.38. The molecule has 0 heterocycles. The van der Waals surface area contributed by atoms with Crippen LogP contribution in [0.25, 0.3) is 0 Å². The molecule has 2 aromatic rings. The lowest BCUT2D eigenvalue weighted by atomic mass is 10.0. The van der Waals surface area contributed by atoms with Crippen molar-refractivity contribution in [2.45, 2.75) is 20.8 Å². The molecule has 0 bridgehead atoms. The number of nitrogens with zero attached hydrogens (tertiary/aromatic N) is 1. The van der Waals surface area contributed by atoms with Gasteiger partial charge >= 0.3 is 0 Å². The maximum Gasteiger partial charge on any atom is 0.271 e. The standard InChI is InChI=1S/C17H18N2O2/c1-11-7-8-14(9-12(11)2)13(3)18-19-17(21)15-5-4-6-16(20)10-15/h4-10,20H,1-3H3,(H,19,21)/b18-13+. The van der Waals surface area contributed by atoms with E-state index in [4.69, 9.17) is 0 Å². The summed E-state index contributed by atoms with van der Waals surface area (Å²) in [6, 6.07) is 12.2. The van der Waals surface area contributed by atoms with Crippen LogP contribution in [-0.4, -0.2) is 16.7 Å². The Balaban J connectivity index is 2.13. The molecule has 2 rings (SSSR count). The number of aryl methyl sites for hydroxylation is 2. The molecule has 0 radical (unpaired) electrons. The second-order valence-electron chi connectivity index (χ2n) is 4.99. The van der Waals surface area contributed by atoms with Gasteiger partial charge in [0, 0.05) is 5.56 Å². The average Bonchev–Trinajstić information content (AvgIpc) is 2.47. The van der Waals surface area contributed by atoms with E-state index in [9.17, 15) is 9.90 Å². The zero-order valence-corrected chi connectivity index (χ0v) is 12.3. The van der Waals surface area contributed by atoms with Gasteiger partial charge in [0.05, 0.1) is 5.71 Å². The van der Waals surface area contributed by atoms with Crippen molar-refractivity contribution in [3.63, 3.8) is 0 Å². The molecule has 0 aromatic heterocycles. The fraction of sp³-hybridized carbons (Fsp3) is 0.176. The van der Waals surface area contributed by atoms with Crippen molar-refractivity contribution in [2.75, 3.05) is 0 Å². The summed E-state index contributed by atoms with van der Waals surface area (Å²) in [5.74, 6) is -0.299. The molecular weight excluding hydrogens is 264 g/mol. The third-order valence-electron chi connectivity index (χ3n) is 3.36. The minimum Gasteiger partial charge on any atom is -0.508 e. The van der Waals surface area contributed by atoms with Crippen molar-refractivity contribution in [1.82, 2.24) is 5.43 Å². The Morgan fingerprint density at radius 1 is 1.05 bits per heavy atom. The lowest BCUT2D eigenvalue weighted by molar-refractivity contribution is 0.0954. The van der Waals surface area contributed by atoms with Crippen LogP contribution < -0.4 is 5.43 Å². The number of hydrazone groups is 1. The monoisotopic (exact) mass is 282 g/mol. The predicted molar refractivity (Wildman–Crippen MR) is 83.7 cm³/mol. The highest BCUT2D eigenvalue weighted by molar-refractivity contribution is 6.01. The summed E-state index contributed by atoms with van der Waals surface area (Å²) >= 11 is 0. The van der Waals surface area contributed by atoms with Gasteiger partial charge in [0.15, 0.2) is 0 Å². The third-order valence-corrected chi connectivity index (χ3v) is 3.36. The maximum absolute atomic E-state index is 11.9. The summed E-state index contributed by atoms with van der Waals surface area (Å²) in [5.41, 5.74) is 6.96. The van der Waals surface area contributed by atoms with E-state index in [1.165, 1.54) is 23.3 Å². The fourth-order valence-electron chi connectivity index (χ4n) is 1.88. The minimum absolute atomic E-state index is 0.0533. The first-order valence-corrected chi connectivity index (χ1v) is 6.68. The molecule has 0 aliphatic heterocycles. The van der Waals surface area contributed by atoms with Crippen LogP contribution in [0.3, 0.4) is 0 Å². The summed E-state index contributed by atoms with van der Waals surface area (Å²) in [5, 5.41) is 13.5. The van der Waals surface area contributed by atoms with E-state index in [1.807, 2.05) is 32.0 Å². The molecule has 4 nitrogen and oxygen atoms in total.